The molecule has 0 spiro atoms. The van der Waals surface area contributed by atoms with Crippen LogP contribution in [0.3, 0.4) is 0 Å². The molecule has 1 aliphatic heterocycles. The smallest absolute Gasteiger partial charge is 0.316 e. The van der Waals surface area contributed by atoms with Gasteiger partial charge in [-0.15, -0.1) is 0 Å². The number of hydrogen-bond acceptors (Lipinski definition) is 3. The van der Waals surface area contributed by atoms with Gasteiger partial charge in [-0.1, -0.05) is 28.9 Å². The molecule has 2 aromatic rings. The summed E-state index contributed by atoms with van der Waals surface area (Å²) in [6.07, 6.45) is 2.56. The number of benzene rings is 1. The molecule has 3 rings (SSSR count). The average molecular weight is 420 g/mol. The summed E-state index contributed by atoms with van der Waals surface area (Å²) in [6, 6.07) is 4.16. The summed E-state index contributed by atoms with van der Waals surface area (Å²) in [5, 5.41) is 11.0. The number of fused-ring (bicyclic) bond motifs is 1. The van der Waals surface area contributed by atoms with Crippen molar-refractivity contribution in [1.82, 2.24) is 4.57 Å². The van der Waals surface area contributed by atoms with E-state index >= 15 is 0 Å². The number of aromatic hydroxyl groups is 1. The van der Waals surface area contributed by atoms with Crippen LogP contribution >= 0.6 is 15.9 Å². The van der Waals surface area contributed by atoms with Gasteiger partial charge in [-0.3, -0.25) is 4.79 Å². The van der Waals surface area contributed by atoms with Crippen molar-refractivity contribution in [2.24, 2.45) is 5.41 Å². The average Bonchev–Trinajstić information content (AvgIpc) is 3.11. The molecule has 1 aliphatic rings. The normalized spacial score (nSPS) is 13.8. The molecule has 140 valence electrons. The molecule has 1 aromatic carbocycles. The number of carbonyl (C=O) groups excluding carboxylic acids is 1. The van der Waals surface area contributed by atoms with Gasteiger partial charge in [-0.2, -0.15) is 0 Å². The Morgan fingerprint density at radius 2 is 2.00 bits per heavy atom. The van der Waals surface area contributed by atoms with Crippen LogP contribution in [0.5, 0.6) is 11.6 Å². The van der Waals surface area contributed by atoms with Crippen LogP contribution in [-0.4, -0.2) is 15.6 Å². The van der Waals surface area contributed by atoms with Gasteiger partial charge < -0.3 is 14.4 Å². The van der Waals surface area contributed by atoms with E-state index in [0.717, 1.165) is 52.7 Å². The van der Waals surface area contributed by atoms with Crippen LogP contribution in [0, 0.1) is 12.3 Å². The molecule has 0 unspecified atom stereocenters. The zero-order valence-electron chi connectivity index (χ0n) is 16.1. The predicted molar refractivity (Wildman–Crippen MR) is 107 cm³/mol. The van der Waals surface area contributed by atoms with E-state index in [2.05, 4.69) is 28.9 Å². The first kappa shape index (κ1) is 19.0. The Morgan fingerprint density at radius 3 is 2.62 bits per heavy atom. The van der Waals surface area contributed by atoms with Crippen LogP contribution in [0.2, 0.25) is 0 Å². The van der Waals surface area contributed by atoms with Gasteiger partial charge in [0.1, 0.15) is 0 Å². The highest BCUT2D eigenvalue weighted by Gasteiger charge is 2.33. The molecule has 0 saturated heterocycles. The molecule has 5 heteroatoms. The third-order valence-corrected chi connectivity index (χ3v) is 5.47. The van der Waals surface area contributed by atoms with Crippen molar-refractivity contribution in [2.45, 2.75) is 60.4 Å². The number of rotatable bonds is 3. The number of aromatic nitrogens is 1. The van der Waals surface area contributed by atoms with E-state index in [-0.39, 0.29) is 11.8 Å². The van der Waals surface area contributed by atoms with E-state index in [4.69, 9.17) is 4.74 Å². The lowest BCUT2D eigenvalue weighted by molar-refractivity contribution is -0.143. The number of nitrogens with zero attached hydrogens (tertiary/aromatic N) is 1. The minimum absolute atomic E-state index is 0.188. The molecule has 26 heavy (non-hydrogen) atoms. The summed E-state index contributed by atoms with van der Waals surface area (Å²) in [5.74, 6) is 0.410. The van der Waals surface area contributed by atoms with Crippen molar-refractivity contribution in [3.63, 3.8) is 0 Å². The molecule has 0 radical (unpaired) electrons. The third-order valence-electron chi connectivity index (χ3n) is 4.84. The predicted octanol–water partition coefficient (Wildman–Crippen LogP) is 5.39. The topological polar surface area (TPSA) is 51.5 Å². The fourth-order valence-corrected chi connectivity index (χ4v) is 4.29. The Morgan fingerprint density at radius 1 is 1.31 bits per heavy atom. The fourth-order valence-electron chi connectivity index (χ4n) is 3.48. The van der Waals surface area contributed by atoms with Gasteiger partial charge in [-0.05, 0) is 64.2 Å². The van der Waals surface area contributed by atoms with E-state index in [0.29, 0.717) is 11.3 Å². The molecule has 1 N–H and O–H groups in total. The third kappa shape index (κ3) is 3.18. The molecule has 0 fully saturated rings. The maximum atomic E-state index is 12.6. The second kappa shape index (κ2) is 6.76. The molecule has 0 saturated carbocycles. The molecule has 4 nitrogen and oxygen atoms in total. The largest absolute Gasteiger partial charge is 0.494 e. The van der Waals surface area contributed by atoms with Gasteiger partial charge in [0.2, 0.25) is 5.88 Å². The van der Waals surface area contributed by atoms with Crippen LogP contribution in [-0.2, 0) is 24.2 Å². The minimum Gasteiger partial charge on any atom is -0.494 e. The van der Waals surface area contributed by atoms with Crippen molar-refractivity contribution < 1.29 is 14.6 Å². The first-order valence-corrected chi connectivity index (χ1v) is 9.90. The molecule has 0 atom stereocenters. The second-order valence-corrected chi connectivity index (χ2v) is 8.86. The van der Waals surface area contributed by atoms with E-state index < -0.39 is 5.41 Å². The van der Waals surface area contributed by atoms with Crippen molar-refractivity contribution in [2.75, 3.05) is 0 Å². The van der Waals surface area contributed by atoms with Gasteiger partial charge >= 0.3 is 5.97 Å². The van der Waals surface area contributed by atoms with Gasteiger partial charge in [0.25, 0.3) is 0 Å². The Balaban J connectivity index is 2.25. The minimum atomic E-state index is -0.613. The maximum absolute atomic E-state index is 12.6. The molecule has 0 bridgehead atoms. The first-order valence-electron chi connectivity index (χ1n) is 9.11. The molecule has 2 heterocycles. The summed E-state index contributed by atoms with van der Waals surface area (Å²) in [4.78, 5) is 12.6. The lowest BCUT2D eigenvalue weighted by atomic mass is 9.95. The maximum Gasteiger partial charge on any atom is 0.316 e. The number of halogens is 1. The highest BCUT2D eigenvalue weighted by atomic mass is 79.9. The molecular formula is C21H26BrNO3. The fraction of sp³-hybridized carbons (Fsp3) is 0.476. The van der Waals surface area contributed by atoms with E-state index in [1.807, 2.05) is 38.3 Å². The van der Waals surface area contributed by atoms with Crippen molar-refractivity contribution >= 4 is 21.9 Å². The van der Waals surface area contributed by atoms with Gasteiger partial charge in [0.15, 0.2) is 5.75 Å². The molecule has 1 aromatic heterocycles. The van der Waals surface area contributed by atoms with Crippen molar-refractivity contribution in [1.29, 1.82) is 0 Å². The lowest BCUT2D eigenvalue weighted by Crippen LogP contribution is -2.26. The molecular weight excluding hydrogens is 394 g/mol. The van der Waals surface area contributed by atoms with Crippen molar-refractivity contribution in [3.8, 4) is 22.8 Å². The lowest BCUT2D eigenvalue weighted by Gasteiger charge is -2.18. The van der Waals surface area contributed by atoms with Gasteiger partial charge in [0.05, 0.1) is 16.7 Å². The van der Waals surface area contributed by atoms with Crippen LogP contribution in [0.25, 0.3) is 11.1 Å². The SMILES string of the molecule is CCc1cc(C)cc(Br)c1-c1c(OC(=O)C(C)(C)C)c2n(c1O)CCC2. The standard InChI is InChI=1S/C21H26BrNO3/c1-6-13-10-12(2)11-14(22)16(13)17-18(26-20(25)21(3,4)5)15-8-7-9-23(15)19(17)24/h10-11,24H,6-9H2,1-5H3. The summed E-state index contributed by atoms with van der Waals surface area (Å²) in [7, 11) is 0. The number of hydrogen-bond donors (Lipinski definition) is 1. The zero-order valence-corrected chi connectivity index (χ0v) is 17.7. The van der Waals surface area contributed by atoms with Crippen molar-refractivity contribution in [3.05, 3.63) is 33.4 Å². The van der Waals surface area contributed by atoms with Crippen LogP contribution < -0.4 is 4.74 Å². The first-order chi connectivity index (χ1) is 12.1. The van der Waals surface area contributed by atoms with E-state index in [9.17, 15) is 9.90 Å². The zero-order chi connectivity index (χ0) is 19.2. The number of carbonyl (C=O) groups is 1. The van der Waals surface area contributed by atoms with E-state index in [1.165, 1.54) is 0 Å². The van der Waals surface area contributed by atoms with Crippen LogP contribution in [0.1, 0.15) is 50.9 Å². The van der Waals surface area contributed by atoms with Crippen LogP contribution in [0.15, 0.2) is 16.6 Å². The second-order valence-electron chi connectivity index (χ2n) is 8.00. The number of esters is 1. The molecule has 0 amide bonds. The Labute approximate surface area is 163 Å². The van der Waals surface area contributed by atoms with E-state index in [1.54, 1.807) is 0 Å². The Bertz CT molecular complexity index is 875. The summed E-state index contributed by atoms with van der Waals surface area (Å²) in [6.45, 7) is 10.4. The quantitative estimate of drug-likeness (QED) is 0.678. The summed E-state index contributed by atoms with van der Waals surface area (Å²) >= 11 is 3.66. The number of ether oxygens (including phenoxy) is 1. The highest BCUT2D eigenvalue weighted by Crippen LogP contribution is 2.50. The molecule has 0 aliphatic carbocycles. The van der Waals surface area contributed by atoms with Gasteiger partial charge in [-0.25, -0.2) is 0 Å². The highest BCUT2D eigenvalue weighted by molar-refractivity contribution is 9.10. The Kier molecular flexibility index (Phi) is 4.95. The Hall–Kier alpha value is -1.75. The van der Waals surface area contributed by atoms with Crippen LogP contribution in [0.4, 0.5) is 0 Å². The summed E-state index contributed by atoms with van der Waals surface area (Å²) in [5.41, 5.74) is 4.10. The summed E-state index contributed by atoms with van der Waals surface area (Å²) < 4.78 is 8.66. The van der Waals surface area contributed by atoms with Gasteiger partial charge in [0, 0.05) is 16.6 Å². The monoisotopic (exact) mass is 419 g/mol. The number of aryl methyl sites for hydroxylation is 2.